The van der Waals surface area contributed by atoms with E-state index in [1.54, 1.807) is 0 Å². The normalized spacial score (nSPS) is 18.2. The molecular weight excluding hydrogens is 327 g/mol. The van der Waals surface area contributed by atoms with Crippen molar-refractivity contribution >= 4 is 22.9 Å². The second-order valence-corrected chi connectivity index (χ2v) is 4.95. The lowest BCUT2D eigenvalue weighted by Gasteiger charge is -2.12. The summed E-state index contributed by atoms with van der Waals surface area (Å²) in [5.41, 5.74) is -1.11. The van der Waals surface area contributed by atoms with Crippen molar-refractivity contribution < 1.29 is 23.4 Å². The fourth-order valence-corrected chi connectivity index (χ4v) is 1.99. The lowest BCUT2D eigenvalue weighted by atomic mass is 10.1. The number of hydrogen-bond acceptors (Lipinski definition) is 6. The van der Waals surface area contributed by atoms with Crippen LogP contribution < -0.4 is 5.32 Å². The van der Waals surface area contributed by atoms with Crippen LogP contribution in [0.1, 0.15) is 11.8 Å². The molecule has 24 heavy (non-hydrogen) atoms. The predicted molar refractivity (Wildman–Crippen MR) is 82.6 cm³/mol. The molecule has 0 spiro atoms. The summed E-state index contributed by atoms with van der Waals surface area (Å²) in [6, 6.07) is 5.82. The van der Waals surface area contributed by atoms with Crippen LogP contribution in [-0.2, 0) is 0 Å². The first-order chi connectivity index (χ1) is 11.2. The molecule has 0 aromatic heterocycles. The largest absolute Gasteiger partial charge is 0.437 e. The van der Waals surface area contributed by atoms with E-state index < -0.39 is 29.7 Å². The molecule has 1 aliphatic heterocycles. The van der Waals surface area contributed by atoms with Gasteiger partial charge in [0.15, 0.2) is 11.5 Å². The van der Waals surface area contributed by atoms with Crippen LogP contribution in [-0.4, -0.2) is 58.9 Å². The molecule has 0 radical (unpaired) electrons. The van der Waals surface area contributed by atoms with E-state index in [-0.39, 0.29) is 18.8 Å². The zero-order valence-corrected chi connectivity index (χ0v) is 12.7. The van der Waals surface area contributed by atoms with Crippen molar-refractivity contribution in [3.63, 3.8) is 0 Å². The molecule has 0 saturated carbocycles. The highest BCUT2D eigenvalue weighted by Crippen LogP contribution is 2.25. The number of rotatable bonds is 5. The highest BCUT2D eigenvalue weighted by atomic mass is 19.4. The topological polar surface area (TPSA) is 104 Å². The van der Waals surface area contributed by atoms with Crippen LogP contribution in [0.2, 0.25) is 0 Å². The van der Waals surface area contributed by atoms with Gasteiger partial charge < -0.3 is 10.2 Å². The van der Waals surface area contributed by atoms with Crippen molar-refractivity contribution in [1.29, 1.82) is 5.41 Å². The summed E-state index contributed by atoms with van der Waals surface area (Å²) in [5.74, 6) is -0.448. The number of aliphatic hydroxyl groups excluding tert-OH is 2. The Morgan fingerprint density at radius 1 is 1.33 bits per heavy atom. The van der Waals surface area contributed by atoms with Gasteiger partial charge in [-0.25, -0.2) is 10.0 Å². The van der Waals surface area contributed by atoms with Crippen molar-refractivity contribution in [3.8, 4) is 0 Å². The van der Waals surface area contributed by atoms with Crippen LogP contribution in [0.4, 0.5) is 18.9 Å². The summed E-state index contributed by atoms with van der Waals surface area (Å²) >= 11 is 0. The van der Waals surface area contributed by atoms with Crippen LogP contribution in [0.3, 0.4) is 0 Å². The van der Waals surface area contributed by atoms with Gasteiger partial charge in [0.25, 0.3) is 0 Å². The van der Waals surface area contributed by atoms with Crippen LogP contribution in [0.25, 0.3) is 0 Å². The van der Waals surface area contributed by atoms with E-state index in [9.17, 15) is 18.3 Å². The molecule has 1 heterocycles. The molecule has 1 aliphatic rings. The second-order valence-electron chi connectivity index (χ2n) is 4.95. The third kappa shape index (κ3) is 3.96. The van der Waals surface area contributed by atoms with Crippen molar-refractivity contribution in [2.75, 3.05) is 20.2 Å². The number of nitrogens with one attached hydrogen (secondary N) is 2. The standard InChI is InChI=1S/C14H16F3N5O2/c1-22-12(18)10(11(21-22)14(15,16)17)20-9-4-2-8(3-5-9)13(24)19-6-7-23/h2-5,13,18-19,23-24H,6-7H2,1H3. The molecule has 7 nitrogen and oxygen atoms in total. The molecule has 4 N–H and O–H groups in total. The minimum absolute atomic E-state index is 0.141. The number of amidine groups is 1. The number of alkyl halides is 3. The Labute approximate surface area is 135 Å². The third-order valence-electron chi connectivity index (χ3n) is 3.19. The quantitative estimate of drug-likeness (QED) is 0.603. The molecule has 0 bridgehead atoms. The lowest BCUT2D eigenvalue weighted by molar-refractivity contribution is -0.0570. The zero-order valence-electron chi connectivity index (χ0n) is 12.7. The van der Waals surface area contributed by atoms with E-state index >= 15 is 0 Å². The first-order valence-electron chi connectivity index (χ1n) is 6.94. The van der Waals surface area contributed by atoms with E-state index in [0.29, 0.717) is 5.56 Å². The maximum Gasteiger partial charge on any atom is 0.437 e. The number of halogens is 3. The van der Waals surface area contributed by atoms with Gasteiger partial charge in [0.05, 0.1) is 12.3 Å². The van der Waals surface area contributed by atoms with Gasteiger partial charge in [-0.1, -0.05) is 12.1 Å². The Bertz CT molecular complexity index is 670. The molecule has 130 valence electrons. The van der Waals surface area contributed by atoms with Crippen molar-refractivity contribution in [1.82, 2.24) is 10.3 Å². The molecule has 1 aromatic carbocycles. The summed E-state index contributed by atoms with van der Waals surface area (Å²) in [4.78, 5) is 3.86. The molecule has 2 rings (SSSR count). The van der Waals surface area contributed by atoms with E-state index in [0.717, 1.165) is 5.01 Å². The number of hydrogen-bond donors (Lipinski definition) is 4. The number of nitrogens with zero attached hydrogens (tertiary/aromatic N) is 3. The van der Waals surface area contributed by atoms with E-state index in [2.05, 4.69) is 15.4 Å². The molecule has 0 amide bonds. The molecule has 1 atom stereocenters. The first kappa shape index (κ1) is 18.0. The van der Waals surface area contributed by atoms with Crippen LogP contribution in [0, 0.1) is 5.41 Å². The zero-order chi connectivity index (χ0) is 17.9. The van der Waals surface area contributed by atoms with Gasteiger partial charge in [-0.05, 0) is 17.7 Å². The predicted octanol–water partition coefficient (Wildman–Crippen LogP) is 1.17. The van der Waals surface area contributed by atoms with E-state index in [1.165, 1.54) is 31.3 Å². The monoisotopic (exact) mass is 343 g/mol. The Morgan fingerprint density at radius 3 is 2.50 bits per heavy atom. The fraction of sp³-hybridized carbons (Fsp3) is 0.357. The molecule has 10 heteroatoms. The third-order valence-corrected chi connectivity index (χ3v) is 3.19. The molecule has 1 unspecified atom stereocenters. The molecule has 0 saturated heterocycles. The Kier molecular flexibility index (Phi) is 5.32. The maximum atomic E-state index is 13.0. The van der Waals surface area contributed by atoms with Crippen LogP contribution in [0.15, 0.2) is 34.4 Å². The summed E-state index contributed by atoms with van der Waals surface area (Å²) in [7, 11) is 1.24. The minimum Gasteiger partial charge on any atom is -0.395 e. The van der Waals surface area contributed by atoms with Gasteiger partial charge in [0.2, 0.25) is 0 Å². The van der Waals surface area contributed by atoms with Crippen LogP contribution >= 0.6 is 0 Å². The van der Waals surface area contributed by atoms with E-state index in [1.807, 2.05) is 0 Å². The minimum atomic E-state index is -4.71. The van der Waals surface area contributed by atoms with E-state index in [4.69, 9.17) is 10.5 Å². The molecule has 0 fully saturated rings. The summed E-state index contributed by atoms with van der Waals surface area (Å²) in [6.45, 7) is 0.0537. The van der Waals surface area contributed by atoms with Gasteiger partial charge in [-0.2, -0.15) is 18.3 Å². The van der Waals surface area contributed by atoms with Gasteiger partial charge >= 0.3 is 6.18 Å². The first-order valence-corrected chi connectivity index (χ1v) is 6.94. The number of aliphatic hydroxyl groups is 2. The van der Waals surface area contributed by atoms with Crippen molar-refractivity contribution in [3.05, 3.63) is 29.8 Å². The molecule has 1 aromatic rings. The average Bonchev–Trinajstić information content (AvgIpc) is 2.81. The van der Waals surface area contributed by atoms with Crippen molar-refractivity contribution in [2.24, 2.45) is 10.1 Å². The smallest absolute Gasteiger partial charge is 0.395 e. The number of aliphatic imine (C=N–C) groups is 1. The maximum absolute atomic E-state index is 13.0. The highest BCUT2D eigenvalue weighted by Gasteiger charge is 2.45. The lowest BCUT2D eigenvalue weighted by Crippen LogP contribution is -2.32. The van der Waals surface area contributed by atoms with Gasteiger partial charge in [-0.3, -0.25) is 10.7 Å². The Balaban J connectivity index is 2.24. The second kappa shape index (κ2) is 7.07. The fourth-order valence-electron chi connectivity index (χ4n) is 1.99. The van der Waals surface area contributed by atoms with Gasteiger partial charge in [0, 0.05) is 13.6 Å². The van der Waals surface area contributed by atoms with Crippen molar-refractivity contribution in [2.45, 2.75) is 12.4 Å². The molecular formula is C14H16F3N5O2. The summed E-state index contributed by atoms with van der Waals surface area (Å²) in [6.07, 6.45) is -5.72. The number of hydrazone groups is 1. The SMILES string of the molecule is CN1N=C(C(F)(F)F)C(=Nc2ccc(C(O)NCCO)cc2)C1=N. The summed E-state index contributed by atoms with van der Waals surface area (Å²) < 4.78 is 38.9. The Morgan fingerprint density at radius 2 is 1.96 bits per heavy atom. The summed E-state index contributed by atoms with van der Waals surface area (Å²) in [5, 5.41) is 32.9. The van der Waals surface area contributed by atoms with Gasteiger partial charge in [0.1, 0.15) is 11.9 Å². The van der Waals surface area contributed by atoms with Gasteiger partial charge in [-0.15, -0.1) is 0 Å². The van der Waals surface area contributed by atoms with Crippen LogP contribution in [0.5, 0.6) is 0 Å². The Hall–Kier alpha value is -2.30. The number of benzene rings is 1. The average molecular weight is 343 g/mol. The molecule has 0 aliphatic carbocycles. The highest BCUT2D eigenvalue weighted by molar-refractivity contribution is 6.70.